The number of rotatable bonds is 3. The summed E-state index contributed by atoms with van der Waals surface area (Å²) < 4.78 is 0.920. The largest absolute Gasteiger partial charge is 0.321 e. The number of halogens is 1. The molecular formula is C13H11BrN2O3S. The van der Waals surface area contributed by atoms with E-state index in [0.717, 1.165) is 9.35 Å². The Balaban J connectivity index is 2.21. The number of nitrogens with one attached hydrogen (secondary N) is 1. The second-order valence-electron chi connectivity index (χ2n) is 4.28. The number of anilines is 1. The number of nitrogens with zero attached hydrogens (tertiary/aromatic N) is 1. The first-order chi connectivity index (χ1) is 9.38. The van der Waals surface area contributed by atoms with Crippen LogP contribution in [0.2, 0.25) is 0 Å². The van der Waals surface area contributed by atoms with Gasteiger partial charge < -0.3 is 5.32 Å². The quantitative estimate of drug-likeness (QED) is 0.660. The maximum atomic E-state index is 12.1. The van der Waals surface area contributed by atoms with Crippen molar-refractivity contribution in [2.45, 2.75) is 13.8 Å². The number of carbonyl (C=O) groups is 1. The summed E-state index contributed by atoms with van der Waals surface area (Å²) in [7, 11) is 0. The average Bonchev–Trinajstić information content (AvgIpc) is 2.72. The normalized spacial score (nSPS) is 10.3. The number of non-ortho nitro benzene ring substituents is 1. The number of nitro benzene ring substituents is 1. The lowest BCUT2D eigenvalue weighted by Gasteiger charge is -2.06. The lowest BCUT2D eigenvalue weighted by atomic mass is 10.2. The first kappa shape index (κ1) is 14.7. The number of aryl methyl sites for hydroxylation is 2. The molecule has 1 heterocycles. The molecule has 1 amide bonds. The molecule has 0 fully saturated rings. The molecule has 0 atom stereocenters. The van der Waals surface area contributed by atoms with Crippen LogP contribution in [0, 0.1) is 24.0 Å². The Morgan fingerprint density at radius 1 is 1.30 bits per heavy atom. The molecule has 5 nitrogen and oxygen atoms in total. The monoisotopic (exact) mass is 354 g/mol. The van der Waals surface area contributed by atoms with Crippen molar-refractivity contribution in [3.8, 4) is 0 Å². The van der Waals surface area contributed by atoms with Crippen LogP contribution in [-0.2, 0) is 0 Å². The summed E-state index contributed by atoms with van der Waals surface area (Å²) in [4.78, 5) is 22.9. The Kier molecular flexibility index (Phi) is 4.20. The third-order valence-corrected chi connectivity index (χ3v) is 4.89. The number of hydrogen-bond acceptors (Lipinski definition) is 4. The molecule has 7 heteroatoms. The first-order valence-electron chi connectivity index (χ1n) is 5.71. The SMILES string of the molecule is Cc1cc([N+](=O)[O-])ccc1NC(=O)c1cc(C)c(Br)s1. The van der Waals surface area contributed by atoms with E-state index in [2.05, 4.69) is 21.2 Å². The van der Waals surface area contributed by atoms with Crippen molar-refractivity contribution in [3.63, 3.8) is 0 Å². The topological polar surface area (TPSA) is 72.2 Å². The van der Waals surface area contributed by atoms with E-state index in [1.165, 1.54) is 23.5 Å². The van der Waals surface area contributed by atoms with E-state index < -0.39 is 4.92 Å². The van der Waals surface area contributed by atoms with Crippen molar-refractivity contribution in [1.82, 2.24) is 0 Å². The Morgan fingerprint density at radius 3 is 2.50 bits per heavy atom. The lowest BCUT2D eigenvalue weighted by Crippen LogP contribution is -2.11. The third-order valence-electron chi connectivity index (χ3n) is 2.75. The molecule has 1 aromatic heterocycles. The van der Waals surface area contributed by atoms with E-state index in [0.29, 0.717) is 16.1 Å². The van der Waals surface area contributed by atoms with Crippen LogP contribution < -0.4 is 5.32 Å². The highest BCUT2D eigenvalue weighted by molar-refractivity contribution is 9.11. The van der Waals surface area contributed by atoms with Crippen LogP contribution in [-0.4, -0.2) is 10.8 Å². The third kappa shape index (κ3) is 3.05. The number of amides is 1. The van der Waals surface area contributed by atoms with Crippen molar-refractivity contribution in [1.29, 1.82) is 0 Å². The van der Waals surface area contributed by atoms with Crippen molar-refractivity contribution in [2.75, 3.05) is 5.32 Å². The van der Waals surface area contributed by atoms with E-state index in [1.807, 2.05) is 6.92 Å². The van der Waals surface area contributed by atoms with E-state index >= 15 is 0 Å². The first-order valence-corrected chi connectivity index (χ1v) is 7.31. The molecule has 0 unspecified atom stereocenters. The molecule has 0 spiro atoms. The smallest absolute Gasteiger partial charge is 0.269 e. The molecule has 0 bridgehead atoms. The fourth-order valence-corrected chi connectivity index (χ4v) is 3.09. The van der Waals surface area contributed by atoms with Crippen LogP contribution in [0.15, 0.2) is 28.1 Å². The van der Waals surface area contributed by atoms with Gasteiger partial charge in [0.1, 0.15) is 0 Å². The number of carbonyl (C=O) groups excluding carboxylic acids is 1. The number of thiophene rings is 1. The van der Waals surface area contributed by atoms with Gasteiger partial charge in [0.05, 0.1) is 13.6 Å². The van der Waals surface area contributed by atoms with Gasteiger partial charge in [-0.15, -0.1) is 11.3 Å². The van der Waals surface area contributed by atoms with Gasteiger partial charge in [-0.2, -0.15) is 0 Å². The molecule has 0 aliphatic carbocycles. The Bertz CT molecular complexity index is 677. The summed E-state index contributed by atoms with van der Waals surface area (Å²) in [6, 6.07) is 6.15. The lowest BCUT2D eigenvalue weighted by molar-refractivity contribution is -0.384. The van der Waals surface area contributed by atoms with Crippen LogP contribution >= 0.6 is 27.3 Å². The number of nitro groups is 1. The second-order valence-corrected chi connectivity index (χ2v) is 6.65. The highest BCUT2D eigenvalue weighted by atomic mass is 79.9. The van der Waals surface area contributed by atoms with E-state index in [9.17, 15) is 14.9 Å². The van der Waals surface area contributed by atoms with Gasteiger partial charge in [0.2, 0.25) is 0 Å². The minimum Gasteiger partial charge on any atom is -0.321 e. The Hall–Kier alpha value is -1.73. The summed E-state index contributed by atoms with van der Waals surface area (Å²) in [5.41, 5.74) is 2.23. The maximum absolute atomic E-state index is 12.1. The van der Waals surface area contributed by atoms with E-state index in [4.69, 9.17) is 0 Å². The fourth-order valence-electron chi connectivity index (χ4n) is 1.66. The average molecular weight is 355 g/mol. The number of benzene rings is 1. The minimum absolute atomic E-state index is 0.00946. The minimum atomic E-state index is -0.460. The Labute approximate surface area is 127 Å². The molecule has 2 aromatic rings. The summed E-state index contributed by atoms with van der Waals surface area (Å²) in [5.74, 6) is -0.222. The second kappa shape index (κ2) is 5.72. The zero-order chi connectivity index (χ0) is 14.9. The molecule has 20 heavy (non-hydrogen) atoms. The van der Waals surface area contributed by atoms with Crippen molar-refractivity contribution >= 4 is 44.5 Å². The van der Waals surface area contributed by atoms with Gasteiger partial charge in [0.25, 0.3) is 11.6 Å². The zero-order valence-corrected chi connectivity index (χ0v) is 13.2. The maximum Gasteiger partial charge on any atom is 0.269 e. The summed E-state index contributed by atoms with van der Waals surface area (Å²) in [6.07, 6.45) is 0. The molecule has 0 aliphatic heterocycles. The van der Waals surface area contributed by atoms with Gasteiger partial charge in [-0.05, 0) is 53.0 Å². The van der Waals surface area contributed by atoms with Gasteiger partial charge >= 0.3 is 0 Å². The van der Waals surface area contributed by atoms with Crippen LogP contribution in [0.5, 0.6) is 0 Å². The van der Waals surface area contributed by atoms with Crippen LogP contribution in [0.25, 0.3) is 0 Å². The van der Waals surface area contributed by atoms with Crippen molar-refractivity contribution < 1.29 is 9.72 Å². The highest BCUT2D eigenvalue weighted by Gasteiger charge is 2.14. The van der Waals surface area contributed by atoms with Crippen molar-refractivity contribution in [3.05, 3.63) is 54.2 Å². The molecule has 0 radical (unpaired) electrons. The van der Waals surface area contributed by atoms with Gasteiger partial charge in [0, 0.05) is 17.8 Å². The molecule has 104 valence electrons. The van der Waals surface area contributed by atoms with Gasteiger partial charge in [0.15, 0.2) is 0 Å². The molecule has 0 saturated carbocycles. The van der Waals surface area contributed by atoms with E-state index in [-0.39, 0.29) is 11.6 Å². The molecule has 1 aromatic carbocycles. The van der Waals surface area contributed by atoms with Gasteiger partial charge in [-0.25, -0.2) is 0 Å². The van der Waals surface area contributed by atoms with Crippen molar-refractivity contribution in [2.24, 2.45) is 0 Å². The number of hydrogen-bond donors (Lipinski definition) is 1. The van der Waals surface area contributed by atoms with Gasteiger partial charge in [-0.1, -0.05) is 0 Å². The fraction of sp³-hybridized carbons (Fsp3) is 0.154. The molecule has 2 rings (SSSR count). The van der Waals surface area contributed by atoms with Crippen LogP contribution in [0.4, 0.5) is 11.4 Å². The van der Waals surface area contributed by atoms with E-state index in [1.54, 1.807) is 19.1 Å². The van der Waals surface area contributed by atoms with Gasteiger partial charge in [-0.3, -0.25) is 14.9 Å². The summed E-state index contributed by atoms with van der Waals surface area (Å²) >= 11 is 4.73. The standard InChI is InChI=1S/C13H11BrN2O3S/c1-7-5-9(16(18)19)3-4-10(7)15-13(17)11-6-8(2)12(14)20-11/h3-6H,1-2H3,(H,15,17). The predicted molar refractivity (Wildman–Crippen MR) is 82.5 cm³/mol. The summed E-state index contributed by atoms with van der Waals surface area (Å²) in [6.45, 7) is 3.63. The molecule has 1 N–H and O–H groups in total. The molecular weight excluding hydrogens is 344 g/mol. The molecule has 0 aliphatic rings. The predicted octanol–water partition coefficient (Wildman–Crippen LogP) is 4.29. The Morgan fingerprint density at radius 2 is 2.00 bits per heavy atom. The summed E-state index contributed by atoms with van der Waals surface area (Å²) in [5, 5.41) is 13.4. The highest BCUT2D eigenvalue weighted by Crippen LogP contribution is 2.28. The zero-order valence-electron chi connectivity index (χ0n) is 10.8. The van der Waals surface area contributed by atoms with Crippen LogP contribution in [0.1, 0.15) is 20.8 Å². The molecule has 0 saturated heterocycles. The van der Waals surface area contributed by atoms with Crippen LogP contribution in [0.3, 0.4) is 0 Å².